The summed E-state index contributed by atoms with van der Waals surface area (Å²) in [5.41, 5.74) is 1.28. The summed E-state index contributed by atoms with van der Waals surface area (Å²) < 4.78 is 27.6. The average molecular weight is 433 g/mol. The van der Waals surface area contributed by atoms with Gasteiger partial charge in [0.2, 0.25) is 15.9 Å². The Morgan fingerprint density at radius 3 is 2.59 bits per heavy atom. The van der Waals surface area contributed by atoms with E-state index in [0.717, 1.165) is 31.2 Å². The standard InChI is InChI=1S/C22H25ClN2O3S/c1-2-19-8-5-6-16-25(19)29(27,28)20-13-11-18(12-14-20)24-22(26)15-10-17-7-3-4-9-21(17)23/h3-4,7,9-15,19H,2,5-6,8,16H2,1H3,(H,24,26)/b15-10+. The van der Waals surface area contributed by atoms with Gasteiger partial charge in [-0.15, -0.1) is 0 Å². The van der Waals surface area contributed by atoms with Gasteiger partial charge >= 0.3 is 0 Å². The molecule has 1 amide bonds. The zero-order chi connectivity index (χ0) is 20.9. The minimum Gasteiger partial charge on any atom is -0.323 e. The van der Waals surface area contributed by atoms with Gasteiger partial charge in [0.1, 0.15) is 0 Å². The summed E-state index contributed by atoms with van der Waals surface area (Å²) in [6.45, 7) is 2.58. The second-order valence-corrected chi connectivity index (χ2v) is 9.34. The van der Waals surface area contributed by atoms with Crippen molar-refractivity contribution in [2.24, 2.45) is 0 Å². The van der Waals surface area contributed by atoms with Crippen LogP contribution in [0.2, 0.25) is 5.02 Å². The zero-order valence-electron chi connectivity index (χ0n) is 16.3. The van der Waals surface area contributed by atoms with Crippen LogP contribution in [-0.2, 0) is 14.8 Å². The molecule has 1 aliphatic heterocycles. The van der Waals surface area contributed by atoms with E-state index in [1.54, 1.807) is 40.7 Å². The van der Waals surface area contributed by atoms with Crippen LogP contribution in [0.15, 0.2) is 59.5 Å². The lowest BCUT2D eigenvalue weighted by atomic mass is 10.0. The molecule has 1 aliphatic rings. The van der Waals surface area contributed by atoms with Crippen molar-refractivity contribution in [3.63, 3.8) is 0 Å². The molecule has 1 unspecified atom stereocenters. The molecule has 1 heterocycles. The van der Waals surface area contributed by atoms with Gasteiger partial charge in [0.15, 0.2) is 0 Å². The predicted octanol–water partition coefficient (Wildman–Crippen LogP) is 4.95. The van der Waals surface area contributed by atoms with E-state index in [0.29, 0.717) is 17.3 Å². The fraction of sp³-hybridized carbons (Fsp3) is 0.318. The number of hydrogen-bond acceptors (Lipinski definition) is 3. The number of nitrogens with one attached hydrogen (secondary N) is 1. The summed E-state index contributed by atoms with van der Waals surface area (Å²) in [5.74, 6) is -0.317. The van der Waals surface area contributed by atoms with Gasteiger partial charge in [0, 0.05) is 29.4 Å². The first-order valence-electron chi connectivity index (χ1n) is 9.77. The third-order valence-corrected chi connectivity index (χ3v) is 7.40. The van der Waals surface area contributed by atoms with Crippen molar-refractivity contribution >= 4 is 39.3 Å². The first-order chi connectivity index (χ1) is 13.9. The second kappa shape index (κ2) is 9.57. The SMILES string of the molecule is CCC1CCCCN1S(=O)(=O)c1ccc(NC(=O)/C=C/c2ccccc2Cl)cc1. The molecule has 154 valence electrons. The number of anilines is 1. The third kappa shape index (κ3) is 5.26. The zero-order valence-corrected chi connectivity index (χ0v) is 17.9. The Hall–Kier alpha value is -2.15. The van der Waals surface area contributed by atoms with Crippen molar-refractivity contribution in [1.29, 1.82) is 0 Å². The molecule has 1 N–H and O–H groups in total. The van der Waals surface area contributed by atoms with Crippen LogP contribution in [0.5, 0.6) is 0 Å². The Kier molecular flexibility index (Phi) is 7.11. The molecule has 1 fully saturated rings. The molecule has 0 radical (unpaired) electrons. The molecular formula is C22H25ClN2O3S. The van der Waals surface area contributed by atoms with Gasteiger partial charge in [0.05, 0.1) is 4.90 Å². The molecule has 3 rings (SSSR count). The summed E-state index contributed by atoms with van der Waals surface area (Å²) in [6, 6.07) is 13.6. The largest absolute Gasteiger partial charge is 0.323 e. The highest BCUT2D eigenvalue weighted by molar-refractivity contribution is 7.89. The monoisotopic (exact) mass is 432 g/mol. The quantitative estimate of drug-likeness (QED) is 0.657. The van der Waals surface area contributed by atoms with E-state index in [9.17, 15) is 13.2 Å². The van der Waals surface area contributed by atoms with E-state index in [1.165, 1.54) is 6.08 Å². The van der Waals surface area contributed by atoms with Crippen LogP contribution < -0.4 is 5.32 Å². The number of nitrogens with zero attached hydrogens (tertiary/aromatic N) is 1. The van der Waals surface area contributed by atoms with Crippen LogP contribution in [0.25, 0.3) is 6.08 Å². The van der Waals surface area contributed by atoms with Crippen molar-refractivity contribution in [1.82, 2.24) is 4.31 Å². The van der Waals surface area contributed by atoms with Crippen LogP contribution in [0.4, 0.5) is 5.69 Å². The van der Waals surface area contributed by atoms with Crippen molar-refractivity contribution < 1.29 is 13.2 Å². The van der Waals surface area contributed by atoms with Gasteiger partial charge < -0.3 is 5.32 Å². The summed E-state index contributed by atoms with van der Waals surface area (Å²) in [4.78, 5) is 12.4. The number of carbonyl (C=O) groups excluding carboxylic acids is 1. The summed E-state index contributed by atoms with van der Waals surface area (Å²) >= 11 is 6.07. The Labute approximate surface area is 177 Å². The predicted molar refractivity (Wildman–Crippen MR) is 117 cm³/mol. The molecule has 0 aromatic heterocycles. The number of hydrogen-bond donors (Lipinski definition) is 1. The molecular weight excluding hydrogens is 408 g/mol. The van der Waals surface area contributed by atoms with Gasteiger partial charge in [-0.1, -0.05) is 43.1 Å². The Balaban J connectivity index is 1.68. The van der Waals surface area contributed by atoms with Gasteiger partial charge in [-0.2, -0.15) is 4.31 Å². The van der Waals surface area contributed by atoms with E-state index < -0.39 is 10.0 Å². The molecule has 2 aromatic carbocycles. The molecule has 2 aromatic rings. The topological polar surface area (TPSA) is 66.5 Å². The molecule has 0 bridgehead atoms. The lowest BCUT2D eigenvalue weighted by Crippen LogP contribution is -2.43. The Bertz CT molecular complexity index is 987. The van der Waals surface area contributed by atoms with Crippen molar-refractivity contribution in [3.05, 3.63) is 65.2 Å². The van der Waals surface area contributed by atoms with Gasteiger partial charge in [-0.05, 0) is 61.2 Å². The lowest BCUT2D eigenvalue weighted by Gasteiger charge is -2.34. The molecule has 0 spiro atoms. The van der Waals surface area contributed by atoms with Crippen LogP contribution in [-0.4, -0.2) is 31.2 Å². The van der Waals surface area contributed by atoms with Gasteiger partial charge in [-0.3, -0.25) is 4.79 Å². The molecule has 29 heavy (non-hydrogen) atoms. The van der Waals surface area contributed by atoms with Crippen molar-refractivity contribution in [2.45, 2.75) is 43.5 Å². The van der Waals surface area contributed by atoms with E-state index in [4.69, 9.17) is 11.6 Å². The van der Waals surface area contributed by atoms with E-state index >= 15 is 0 Å². The molecule has 0 aliphatic carbocycles. The lowest BCUT2D eigenvalue weighted by molar-refractivity contribution is -0.111. The average Bonchev–Trinajstić information content (AvgIpc) is 2.73. The molecule has 1 atom stereocenters. The van der Waals surface area contributed by atoms with E-state index in [2.05, 4.69) is 5.32 Å². The van der Waals surface area contributed by atoms with Crippen LogP contribution in [0.3, 0.4) is 0 Å². The smallest absolute Gasteiger partial charge is 0.248 e. The van der Waals surface area contributed by atoms with E-state index in [1.807, 2.05) is 25.1 Å². The highest BCUT2D eigenvalue weighted by Gasteiger charge is 2.32. The number of halogens is 1. The van der Waals surface area contributed by atoms with E-state index in [-0.39, 0.29) is 16.8 Å². The fourth-order valence-corrected chi connectivity index (χ4v) is 5.47. The maximum atomic E-state index is 13.0. The maximum Gasteiger partial charge on any atom is 0.248 e. The Morgan fingerprint density at radius 2 is 1.90 bits per heavy atom. The summed E-state index contributed by atoms with van der Waals surface area (Å²) in [6.07, 6.45) is 6.70. The number of benzene rings is 2. The maximum absolute atomic E-state index is 13.0. The van der Waals surface area contributed by atoms with Crippen molar-refractivity contribution in [2.75, 3.05) is 11.9 Å². The first kappa shape index (κ1) is 21.6. The van der Waals surface area contributed by atoms with Crippen molar-refractivity contribution in [3.8, 4) is 0 Å². The fourth-order valence-electron chi connectivity index (χ4n) is 3.50. The highest BCUT2D eigenvalue weighted by Crippen LogP contribution is 2.27. The number of rotatable bonds is 6. The number of amides is 1. The molecule has 5 nitrogen and oxygen atoms in total. The number of sulfonamides is 1. The summed E-state index contributed by atoms with van der Waals surface area (Å²) in [5, 5.41) is 3.30. The third-order valence-electron chi connectivity index (χ3n) is 5.09. The van der Waals surface area contributed by atoms with Crippen LogP contribution in [0, 0.1) is 0 Å². The Morgan fingerprint density at radius 1 is 1.17 bits per heavy atom. The second-order valence-electron chi connectivity index (χ2n) is 7.04. The normalized spacial score (nSPS) is 18.1. The van der Waals surface area contributed by atoms with Crippen LogP contribution >= 0.6 is 11.6 Å². The van der Waals surface area contributed by atoms with Crippen LogP contribution in [0.1, 0.15) is 38.2 Å². The minimum atomic E-state index is -3.53. The summed E-state index contributed by atoms with van der Waals surface area (Å²) in [7, 11) is -3.53. The molecule has 0 saturated carbocycles. The van der Waals surface area contributed by atoms with Gasteiger partial charge in [-0.25, -0.2) is 8.42 Å². The molecule has 1 saturated heterocycles. The van der Waals surface area contributed by atoms with Gasteiger partial charge in [0.25, 0.3) is 0 Å². The first-order valence-corrected chi connectivity index (χ1v) is 11.6. The minimum absolute atomic E-state index is 0.0584. The number of carbonyl (C=O) groups is 1. The number of piperidine rings is 1. The molecule has 7 heteroatoms. The highest BCUT2D eigenvalue weighted by atomic mass is 35.5.